The molecule has 0 aliphatic rings. The first-order chi connectivity index (χ1) is 13.0. The zero-order valence-corrected chi connectivity index (χ0v) is 16.1. The van der Waals surface area contributed by atoms with E-state index < -0.39 is 5.82 Å². The summed E-state index contributed by atoms with van der Waals surface area (Å²) in [6.07, 6.45) is 1.35. The van der Waals surface area contributed by atoms with E-state index in [9.17, 15) is 9.18 Å². The molecule has 0 radical (unpaired) electrons. The largest absolute Gasteiger partial charge is 0.497 e. The van der Waals surface area contributed by atoms with E-state index in [1.165, 1.54) is 23.5 Å². The number of aromatic nitrogens is 2. The molecule has 3 rings (SSSR count). The number of ether oxygens (including phenoxy) is 1. The molecule has 1 N–H and O–H groups in total. The highest BCUT2D eigenvalue weighted by molar-refractivity contribution is 7.15. The molecule has 1 aromatic heterocycles. The van der Waals surface area contributed by atoms with Gasteiger partial charge in [-0.2, -0.15) is 0 Å². The summed E-state index contributed by atoms with van der Waals surface area (Å²) in [4.78, 5) is 12.1. The lowest BCUT2D eigenvalue weighted by molar-refractivity contribution is -0.115. The molecule has 140 valence electrons. The van der Waals surface area contributed by atoms with Crippen molar-refractivity contribution in [2.45, 2.75) is 19.3 Å². The lowest BCUT2D eigenvalue weighted by atomic mass is 10.1. The Hall–Kier alpha value is -2.51. The van der Waals surface area contributed by atoms with Crippen LogP contribution < -0.4 is 10.1 Å². The molecular weight excluding hydrogens is 389 g/mol. The fourth-order valence-electron chi connectivity index (χ4n) is 2.47. The molecule has 0 unspecified atom stereocenters. The van der Waals surface area contributed by atoms with Gasteiger partial charge in [-0.3, -0.25) is 4.79 Å². The summed E-state index contributed by atoms with van der Waals surface area (Å²) in [5.74, 6) is -0.0791. The van der Waals surface area contributed by atoms with E-state index in [1.807, 2.05) is 24.3 Å². The molecule has 0 saturated carbocycles. The number of nitrogens with one attached hydrogen (secondary N) is 1. The van der Waals surface area contributed by atoms with Gasteiger partial charge < -0.3 is 10.1 Å². The van der Waals surface area contributed by atoms with Gasteiger partial charge in [0.05, 0.1) is 13.5 Å². The molecule has 8 heteroatoms. The maximum Gasteiger partial charge on any atom is 0.230 e. The van der Waals surface area contributed by atoms with Crippen molar-refractivity contribution in [2.24, 2.45) is 0 Å². The van der Waals surface area contributed by atoms with E-state index in [0.29, 0.717) is 11.6 Å². The minimum absolute atomic E-state index is 0.160. The van der Waals surface area contributed by atoms with Crippen molar-refractivity contribution < 1.29 is 13.9 Å². The van der Waals surface area contributed by atoms with Crippen molar-refractivity contribution in [1.29, 1.82) is 0 Å². The molecule has 0 aliphatic carbocycles. The third-order valence-corrected chi connectivity index (χ3v) is 5.15. The number of amides is 1. The molecular formula is C19H17ClFN3O2S. The lowest BCUT2D eigenvalue weighted by Crippen LogP contribution is -2.15. The summed E-state index contributed by atoms with van der Waals surface area (Å²) in [5, 5.41) is 12.1. The molecule has 0 atom stereocenters. The molecule has 0 fully saturated rings. The highest BCUT2D eigenvalue weighted by Crippen LogP contribution is 2.22. The number of halogens is 2. The van der Waals surface area contributed by atoms with Gasteiger partial charge in [-0.05, 0) is 36.2 Å². The van der Waals surface area contributed by atoms with E-state index in [2.05, 4.69) is 15.5 Å². The van der Waals surface area contributed by atoms with E-state index in [-0.39, 0.29) is 22.9 Å². The molecule has 0 saturated heterocycles. The van der Waals surface area contributed by atoms with Crippen molar-refractivity contribution in [3.63, 3.8) is 0 Å². The summed E-state index contributed by atoms with van der Waals surface area (Å²) >= 11 is 7.25. The number of methoxy groups -OCH3 is 1. The first-order valence-electron chi connectivity index (χ1n) is 8.23. The quantitative estimate of drug-likeness (QED) is 0.636. The van der Waals surface area contributed by atoms with Gasteiger partial charge in [-0.15, -0.1) is 10.2 Å². The van der Waals surface area contributed by atoms with Crippen molar-refractivity contribution >= 4 is 34.0 Å². The highest BCUT2D eigenvalue weighted by Gasteiger charge is 2.14. The number of nitrogens with zero attached hydrogens (tertiary/aromatic N) is 2. The standard InChI is InChI=1S/C19H17ClFN3O2S/c1-26-13-8-5-12(6-9-13)7-10-18-23-24-19(27-18)22-17(25)11-14-15(20)3-2-4-16(14)21/h2-6,8-9H,7,10-11H2,1H3,(H,22,24,25). The van der Waals surface area contributed by atoms with Crippen LogP contribution in [0.4, 0.5) is 9.52 Å². The van der Waals surface area contributed by atoms with E-state index >= 15 is 0 Å². The van der Waals surface area contributed by atoms with Crippen molar-refractivity contribution in [1.82, 2.24) is 10.2 Å². The van der Waals surface area contributed by atoms with Crippen LogP contribution in [0.15, 0.2) is 42.5 Å². The number of hydrogen-bond acceptors (Lipinski definition) is 5. The van der Waals surface area contributed by atoms with Crippen LogP contribution in [0.3, 0.4) is 0 Å². The van der Waals surface area contributed by atoms with Gasteiger partial charge in [0.25, 0.3) is 0 Å². The molecule has 5 nitrogen and oxygen atoms in total. The Morgan fingerprint density at radius 2 is 1.96 bits per heavy atom. The molecule has 0 bridgehead atoms. The molecule has 2 aromatic carbocycles. The number of anilines is 1. The number of hydrogen-bond donors (Lipinski definition) is 1. The van der Waals surface area contributed by atoms with Gasteiger partial charge in [-0.1, -0.05) is 41.1 Å². The summed E-state index contributed by atoms with van der Waals surface area (Å²) < 4.78 is 18.9. The summed E-state index contributed by atoms with van der Waals surface area (Å²) in [5.41, 5.74) is 1.33. The zero-order valence-electron chi connectivity index (χ0n) is 14.5. The van der Waals surface area contributed by atoms with E-state index in [0.717, 1.165) is 22.7 Å². The number of carbonyl (C=O) groups excluding carboxylic acids is 1. The van der Waals surface area contributed by atoms with Crippen LogP contribution >= 0.6 is 22.9 Å². The first-order valence-corrected chi connectivity index (χ1v) is 9.42. The van der Waals surface area contributed by atoms with Crippen LogP contribution in [-0.2, 0) is 24.1 Å². The molecule has 1 amide bonds. The highest BCUT2D eigenvalue weighted by atomic mass is 35.5. The maximum absolute atomic E-state index is 13.8. The smallest absolute Gasteiger partial charge is 0.230 e. The fourth-order valence-corrected chi connectivity index (χ4v) is 3.46. The summed E-state index contributed by atoms with van der Waals surface area (Å²) in [6.45, 7) is 0. The van der Waals surface area contributed by atoms with Crippen molar-refractivity contribution in [2.75, 3.05) is 12.4 Å². The van der Waals surface area contributed by atoms with E-state index in [4.69, 9.17) is 16.3 Å². The van der Waals surface area contributed by atoms with Gasteiger partial charge >= 0.3 is 0 Å². The van der Waals surface area contributed by atoms with Gasteiger partial charge in [0.15, 0.2) is 0 Å². The molecule has 1 heterocycles. The molecule has 0 aliphatic heterocycles. The average molecular weight is 406 g/mol. The normalized spacial score (nSPS) is 10.6. The van der Waals surface area contributed by atoms with Crippen molar-refractivity contribution in [3.05, 3.63) is 69.4 Å². The van der Waals surface area contributed by atoms with Crippen LogP contribution in [0.5, 0.6) is 5.75 Å². The second-order valence-corrected chi connectivity index (χ2v) is 7.24. The second-order valence-electron chi connectivity index (χ2n) is 5.77. The molecule has 27 heavy (non-hydrogen) atoms. The Kier molecular flexibility index (Phi) is 6.36. The van der Waals surface area contributed by atoms with Crippen LogP contribution in [0.2, 0.25) is 5.02 Å². The third kappa shape index (κ3) is 5.24. The van der Waals surface area contributed by atoms with Crippen LogP contribution in [0.25, 0.3) is 0 Å². The molecule has 0 spiro atoms. The topological polar surface area (TPSA) is 64.1 Å². The SMILES string of the molecule is COc1ccc(CCc2nnc(NC(=O)Cc3c(F)cccc3Cl)s2)cc1. The lowest BCUT2D eigenvalue weighted by Gasteiger charge is -2.05. The Labute approximate surface area is 165 Å². The third-order valence-electron chi connectivity index (χ3n) is 3.90. The van der Waals surface area contributed by atoms with Crippen molar-refractivity contribution in [3.8, 4) is 5.75 Å². The number of rotatable bonds is 7. The predicted molar refractivity (Wildman–Crippen MR) is 104 cm³/mol. The van der Waals surface area contributed by atoms with Crippen LogP contribution in [0, 0.1) is 5.82 Å². The Bertz CT molecular complexity index is 911. The Morgan fingerprint density at radius 1 is 1.19 bits per heavy atom. The predicted octanol–water partition coefficient (Wildman–Crippen LogP) is 4.31. The minimum Gasteiger partial charge on any atom is -0.497 e. The fraction of sp³-hybridized carbons (Fsp3) is 0.211. The van der Waals surface area contributed by atoms with Gasteiger partial charge in [0.2, 0.25) is 11.0 Å². The summed E-state index contributed by atoms with van der Waals surface area (Å²) in [6, 6.07) is 12.1. The number of carbonyl (C=O) groups is 1. The number of aryl methyl sites for hydroxylation is 2. The summed E-state index contributed by atoms with van der Waals surface area (Å²) in [7, 11) is 1.63. The van der Waals surface area contributed by atoms with E-state index in [1.54, 1.807) is 13.2 Å². The van der Waals surface area contributed by atoms with Gasteiger partial charge in [0.1, 0.15) is 16.6 Å². The van der Waals surface area contributed by atoms with Crippen LogP contribution in [0.1, 0.15) is 16.1 Å². The Balaban J connectivity index is 1.54. The van der Waals surface area contributed by atoms with Gasteiger partial charge in [-0.25, -0.2) is 4.39 Å². The van der Waals surface area contributed by atoms with Crippen LogP contribution in [-0.4, -0.2) is 23.2 Å². The average Bonchev–Trinajstić information content (AvgIpc) is 3.11. The maximum atomic E-state index is 13.8. The zero-order chi connectivity index (χ0) is 19.2. The Morgan fingerprint density at radius 3 is 2.67 bits per heavy atom. The first kappa shape index (κ1) is 19.3. The second kappa shape index (κ2) is 8.92. The monoisotopic (exact) mass is 405 g/mol. The molecule has 3 aromatic rings. The number of benzene rings is 2. The van der Waals surface area contributed by atoms with Gasteiger partial charge in [0, 0.05) is 17.0 Å². The minimum atomic E-state index is -0.505.